The van der Waals surface area contributed by atoms with Gasteiger partial charge in [0.1, 0.15) is 17.2 Å². The van der Waals surface area contributed by atoms with Crippen LogP contribution in [0.4, 0.5) is 4.79 Å². The summed E-state index contributed by atoms with van der Waals surface area (Å²) in [6.45, 7) is 10.3. The molecule has 0 aromatic rings. The average Bonchev–Trinajstić information content (AvgIpc) is 2.18. The van der Waals surface area contributed by atoms with Crippen LogP contribution in [0.15, 0.2) is 0 Å². The minimum Gasteiger partial charge on any atom is -0.460 e. The standard InChI is InChI=1S/C14H26N2O5/c1-13(2,3)20-10(17)8-7-9(11(15)18)16-12(19)21-14(4,5)6/h9H,7-8H2,1-6H3,(H2,15,18)(H,16,19)/t9-/m1/s1. The summed E-state index contributed by atoms with van der Waals surface area (Å²) in [6.07, 6.45) is -0.722. The third-order valence-electron chi connectivity index (χ3n) is 2.09. The molecule has 0 heterocycles. The molecule has 0 aliphatic carbocycles. The number of primary amides is 1. The summed E-state index contributed by atoms with van der Waals surface area (Å²) in [5.74, 6) is -1.19. The predicted octanol–water partition coefficient (Wildman–Crippen LogP) is 1.49. The zero-order valence-electron chi connectivity index (χ0n) is 13.6. The van der Waals surface area contributed by atoms with E-state index in [1.54, 1.807) is 41.5 Å². The molecule has 7 nitrogen and oxygen atoms in total. The lowest BCUT2D eigenvalue weighted by molar-refractivity contribution is -0.155. The van der Waals surface area contributed by atoms with Crippen molar-refractivity contribution < 1.29 is 23.9 Å². The van der Waals surface area contributed by atoms with Crippen LogP contribution in [0.1, 0.15) is 54.4 Å². The third kappa shape index (κ3) is 10.6. The quantitative estimate of drug-likeness (QED) is 0.748. The van der Waals surface area contributed by atoms with E-state index in [-0.39, 0.29) is 12.8 Å². The molecule has 122 valence electrons. The predicted molar refractivity (Wildman–Crippen MR) is 77.4 cm³/mol. The van der Waals surface area contributed by atoms with Gasteiger partial charge in [0.25, 0.3) is 0 Å². The van der Waals surface area contributed by atoms with Gasteiger partial charge in [0, 0.05) is 6.42 Å². The highest BCUT2D eigenvalue weighted by Crippen LogP contribution is 2.11. The van der Waals surface area contributed by atoms with Crippen molar-refractivity contribution in [3.05, 3.63) is 0 Å². The molecule has 0 radical (unpaired) electrons. The second kappa shape index (κ2) is 7.28. The SMILES string of the molecule is CC(C)(C)OC(=O)CC[C@@H](NC(=O)OC(C)(C)C)C(N)=O. The number of carbonyl (C=O) groups is 3. The number of nitrogens with one attached hydrogen (secondary N) is 1. The van der Waals surface area contributed by atoms with E-state index in [0.29, 0.717) is 0 Å². The van der Waals surface area contributed by atoms with Gasteiger partial charge in [0.05, 0.1) is 0 Å². The monoisotopic (exact) mass is 302 g/mol. The first-order valence-corrected chi connectivity index (χ1v) is 6.81. The van der Waals surface area contributed by atoms with Gasteiger partial charge in [-0.1, -0.05) is 0 Å². The molecule has 0 aromatic heterocycles. The molecular weight excluding hydrogens is 276 g/mol. The van der Waals surface area contributed by atoms with Crippen molar-refractivity contribution in [3.8, 4) is 0 Å². The van der Waals surface area contributed by atoms with Crippen molar-refractivity contribution in [3.63, 3.8) is 0 Å². The maximum atomic E-state index is 11.6. The molecule has 0 aliphatic rings. The second-order valence-electron chi connectivity index (χ2n) is 6.73. The second-order valence-corrected chi connectivity index (χ2v) is 6.73. The van der Waals surface area contributed by atoms with Gasteiger partial charge in [-0.05, 0) is 48.0 Å². The van der Waals surface area contributed by atoms with Crippen LogP contribution in [0.5, 0.6) is 0 Å². The van der Waals surface area contributed by atoms with Crippen LogP contribution in [0.3, 0.4) is 0 Å². The van der Waals surface area contributed by atoms with Crippen molar-refractivity contribution in [1.82, 2.24) is 5.32 Å². The summed E-state index contributed by atoms with van der Waals surface area (Å²) < 4.78 is 10.2. The van der Waals surface area contributed by atoms with Crippen LogP contribution >= 0.6 is 0 Å². The Bertz CT molecular complexity index is 393. The van der Waals surface area contributed by atoms with Crippen LogP contribution in [0, 0.1) is 0 Å². The zero-order chi connectivity index (χ0) is 16.8. The van der Waals surface area contributed by atoms with E-state index in [1.165, 1.54) is 0 Å². The van der Waals surface area contributed by atoms with Crippen molar-refractivity contribution in [1.29, 1.82) is 0 Å². The molecule has 0 rings (SSSR count). The van der Waals surface area contributed by atoms with Gasteiger partial charge >= 0.3 is 12.1 Å². The first kappa shape index (κ1) is 19.2. The highest BCUT2D eigenvalue weighted by molar-refractivity contribution is 5.84. The number of ether oxygens (including phenoxy) is 2. The molecule has 21 heavy (non-hydrogen) atoms. The van der Waals surface area contributed by atoms with E-state index in [9.17, 15) is 14.4 Å². The lowest BCUT2D eigenvalue weighted by Crippen LogP contribution is -2.46. The molecule has 0 unspecified atom stereocenters. The van der Waals surface area contributed by atoms with E-state index in [1.807, 2.05) is 0 Å². The Labute approximate surface area is 125 Å². The molecule has 1 atom stereocenters. The van der Waals surface area contributed by atoms with Gasteiger partial charge in [0.2, 0.25) is 5.91 Å². The van der Waals surface area contributed by atoms with Gasteiger partial charge in [-0.25, -0.2) is 4.79 Å². The Morgan fingerprint density at radius 2 is 1.48 bits per heavy atom. The van der Waals surface area contributed by atoms with Gasteiger partial charge < -0.3 is 20.5 Å². The first-order chi connectivity index (χ1) is 9.30. The molecule has 0 saturated heterocycles. The van der Waals surface area contributed by atoms with E-state index in [4.69, 9.17) is 15.2 Å². The lowest BCUT2D eigenvalue weighted by Gasteiger charge is -2.23. The van der Waals surface area contributed by atoms with Gasteiger partial charge in [0.15, 0.2) is 0 Å². The largest absolute Gasteiger partial charge is 0.460 e. The number of hydrogen-bond acceptors (Lipinski definition) is 5. The van der Waals surface area contributed by atoms with Crippen LogP contribution < -0.4 is 11.1 Å². The van der Waals surface area contributed by atoms with Crippen LogP contribution in [0.25, 0.3) is 0 Å². The number of alkyl carbamates (subject to hydrolysis) is 1. The molecule has 3 N–H and O–H groups in total. The van der Waals surface area contributed by atoms with E-state index < -0.39 is 35.2 Å². The van der Waals surface area contributed by atoms with Crippen molar-refractivity contribution in [2.45, 2.75) is 71.6 Å². The average molecular weight is 302 g/mol. The minimum atomic E-state index is -0.979. The molecule has 0 bridgehead atoms. The highest BCUT2D eigenvalue weighted by Gasteiger charge is 2.24. The molecule has 2 amide bonds. The summed E-state index contributed by atoms with van der Waals surface area (Å²) in [5, 5.41) is 2.35. The molecule has 0 aromatic carbocycles. The fraction of sp³-hybridized carbons (Fsp3) is 0.786. The summed E-state index contributed by atoms with van der Waals surface area (Å²) in [5.41, 5.74) is 3.92. The number of nitrogens with two attached hydrogens (primary N) is 1. The number of rotatable bonds is 5. The minimum absolute atomic E-state index is 0.0271. The normalized spacial score (nSPS) is 13.2. The summed E-state index contributed by atoms with van der Waals surface area (Å²) >= 11 is 0. The van der Waals surface area contributed by atoms with E-state index in [0.717, 1.165) is 0 Å². The Morgan fingerprint density at radius 3 is 1.86 bits per heavy atom. The van der Waals surface area contributed by atoms with Gasteiger partial charge in [-0.15, -0.1) is 0 Å². The van der Waals surface area contributed by atoms with Crippen molar-refractivity contribution in [2.24, 2.45) is 5.73 Å². The number of amides is 2. The molecule has 0 saturated carbocycles. The molecular formula is C14H26N2O5. The number of esters is 1. The van der Waals surface area contributed by atoms with Crippen molar-refractivity contribution in [2.75, 3.05) is 0 Å². The molecule has 7 heteroatoms. The van der Waals surface area contributed by atoms with Gasteiger partial charge in [-0.2, -0.15) is 0 Å². The Kier molecular flexibility index (Phi) is 6.66. The highest BCUT2D eigenvalue weighted by atomic mass is 16.6. The topological polar surface area (TPSA) is 108 Å². The lowest BCUT2D eigenvalue weighted by atomic mass is 10.1. The van der Waals surface area contributed by atoms with Crippen LogP contribution in [-0.4, -0.2) is 35.2 Å². The maximum absolute atomic E-state index is 11.6. The number of hydrogen-bond donors (Lipinski definition) is 2. The van der Waals surface area contributed by atoms with E-state index >= 15 is 0 Å². The molecule has 0 fully saturated rings. The first-order valence-electron chi connectivity index (χ1n) is 6.81. The fourth-order valence-corrected chi connectivity index (χ4v) is 1.39. The summed E-state index contributed by atoms with van der Waals surface area (Å²) in [6, 6.07) is -0.979. The summed E-state index contributed by atoms with van der Waals surface area (Å²) in [7, 11) is 0. The molecule has 0 spiro atoms. The third-order valence-corrected chi connectivity index (χ3v) is 2.09. The maximum Gasteiger partial charge on any atom is 0.408 e. The zero-order valence-corrected chi connectivity index (χ0v) is 13.6. The van der Waals surface area contributed by atoms with Crippen LogP contribution in [-0.2, 0) is 19.1 Å². The molecule has 0 aliphatic heterocycles. The smallest absolute Gasteiger partial charge is 0.408 e. The van der Waals surface area contributed by atoms with E-state index in [2.05, 4.69) is 5.32 Å². The van der Waals surface area contributed by atoms with Crippen molar-refractivity contribution >= 4 is 18.0 Å². The number of carbonyl (C=O) groups excluding carboxylic acids is 3. The van der Waals surface area contributed by atoms with Gasteiger partial charge in [-0.3, -0.25) is 9.59 Å². The Morgan fingerprint density at radius 1 is 1.00 bits per heavy atom. The fourth-order valence-electron chi connectivity index (χ4n) is 1.39. The summed E-state index contributed by atoms with van der Waals surface area (Å²) in [4.78, 5) is 34.5. The Hall–Kier alpha value is -1.79. The Balaban J connectivity index is 4.42. The van der Waals surface area contributed by atoms with Crippen LogP contribution in [0.2, 0.25) is 0 Å².